The Morgan fingerprint density at radius 3 is 2.93 bits per heavy atom. The SMILES string of the molecule is Cc1csc(CCNCC2(N)CCC2)n1. The second kappa shape index (κ2) is 4.60. The van der Waals surface area contributed by atoms with Crippen LogP contribution in [0.1, 0.15) is 30.0 Å². The molecule has 0 aromatic carbocycles. The number of hydrogen-bond donors (Lipinski definition) is 2. The lowest BCUT2D eigenvalue weighted by atomic mass is 9.78. The second-order valence-corrected chi connectivity index (χ2v) is 5.47. The van der Waals surface area contributed by atoms with Crippen LogP contribution in [0.2, 0.25) is 0 Å². The van der Waals surface area contributed by atoms with Gasteiger partial charge in [-0.05, 0) is 26.2 Å². The lowest BCUT2D eigenvalue weighted by Gasteiger charge is -2.38. The summed E-state index contributed by atoms with van der Waals surface area (Å²) in [6, 6.07) is 0. The fourth-order valence-electron chi connectivity index (χ4n) is 1.86. The van der Waals surface area contributed by atoms with Crippen LogP contribution >= 0.6 is 11.3 Å². The van der Waals surface area contributed by atoms with Crippen LogP contribution in [-0.4, -0.2) is 23.6 Å². The lowest BCUT2D eigenvalue weighted by molar-refractivity contribution is 0.240. The molecule has 15 heavy (non-hydrogen) atoms. The molecule has 4 heteroatoms. The molecule has 1 aliphatic carbocycles. The number of aryl methyl sites for hydroxylation is 1. The van der Waals surface area contributed by atoms with Gasteiger partial charge in [0.25, 0.3) is 0 Å². The van der Waals surface area contributed by atoms with Crippen molar-refractivity contribution in [3.63, 3.8) is 0 Å². The van der Waals surface area contributed by atoms with Crippen molar-refractivity contribution >= 4 is 11.3 Å². The van der Waals surface area contributed by atoms with E-state index in [0.717, 1.165) is 25.2 Å². The van der Waals surface area contributed by atoms with Gasteiger partial charge >= 0.3 is 0 Å². The van der Waals surface area contributed by atoms with Crippen LogP contribution < -0.4 is 11.1 Å². The highest BCUT2D eigenvalue weighted by Gasteiger charge is 2.31. The van der Waals surface area contributed by atoms with E-state index in [0.29, 0.717) is 0 Å². The van der Waals surface area contributed by atoms with Crippen LogP contribution in [0.5, 0.6) is 0 Å². The number of nitrogens with zero attached hydrogens (tertiary/aromatic N) is 1. The molecule has 2 rings (SSSR count). The molecule has 0 unspecified atom stereocenters. The van der Waals surface area contributed by atoms with Gasteiger partial charge in [0.2, 0.25) is 0 Å². The molecular formula is C11H19N3S. The molecule has 0 bridgehead atoms. The first-order valence-corrected chi connectivity index (χ1v) is 6.47. The maximum atomic E-state index is 6.11. The van der Waals surface area contributed by atoms with Gasteiger partial charge in [0.05, 0.1) is 5.01 Å². The van der Waals surface area contributed by atoms with E-state index < -0.39 is 0 Å². The van der Waals surface area contributed by atoms with Crippen LogP contribution in [0, 0.1) is 6.92 Å². The fourth-order valence-corrected chi connectivity index (χ4v) is 2.63. The lowest BCUT2D eigenvalue weighted by Crippen LogP contribution is -2.54. The Morgan fingerprint density at radius 1 is 1.60 bits per heavy atom. The minimum Gasteiger partial charge on any atom is -0.324 e. The molecule has 84 valence electrons. The first kappa shape index (κ1) is 11.0. The molecule has 0 spiro atoms. The standard InChI is InChI=1S/C11H19N3S/c1-9-7-15-10(14-9)3-6-13-8-11(12)4-2-5-11/h7,13H,2-6,8,12H2,1H3. The number of thiazole rings is 1. The largest absolute Gasteiger partial charge is 0.324 e. The molecule has 1 aromatic rings. The summed E-state index contributed by atoms with van der Waals surface area (Å²) in [5, 5.41) is 6.75. The summed E-state index contributed by atoms with van der Waals surface area (Å²) in [7, 11) is 0. The molecular weight excluding hydrogens is 206 g/mol. The van der Waals surface area contributed by atoms with Crippen molar-refractivity contribution < 1.29 is 0 Å². The van der Waals surface area contributed by atoms with Crippen molar-refractivity contribution in [2.45, 2.75) is 38.1 Å². The Labute approximate surface area is 95.1 Å². The highest BCUT2D eigenvalue weighted by atomic mass is 32.1. The molecule has 0 amide bonds. The molecule has 0 radical (unpaired) electrons. The van der Waals surface area contributed by atoms with E-state index in [2.05, 4.69) is 15.7 Å². The average molecular weight is 225 g/mol. The van der Waals surface area contributed by atoms with Gasteiger partial charge in [-0.2, -0.15) is 0 Å². The summed E-state index contributed by atoms with van der Waals surface area (Å²) in [6.45, 7) is 3.99. The Balaban J connectivity index is 1.63. The summed E-state index contributed by atoms with van der Waals surface area (Å²) in [6.07, 6.45) is 4.67. The van der Waals surface area contributed by atoms with Crippen molar-refractivity contribution in [1.82, 2.24) is 10.3 Å². The van der Waals surface area contributed by atoms with E-state index in [9.17, 15) is 0 Å². The van der Waals surface area contributed by atoms with Gasteiger partial charge in [-0.15, -0.1) is 11.3 Å². The normalized spacial score (nSPS) is 18.8. The number of rotatable bonds is 5. The Morgan fingerprint density at radius 2 is 2.40 bits per heavy atom. The fraction of sp³-hybridized carbons (Fsp3) is 0.727. The number of nitrogens with one attached hydrogen (secondary N) is 1. The van der Waals surface area contributed by atoms with Gasteiger partial charge in [0.1, 0.15) is 0 Å². The molecule has 1 heterocycles. The Hall–Kier alpha value is -0.450. The number of aromatic nitrogens is 1. The summed E-state index contributed by atoms with van der Waals surface area (Å²) in [5.74, 6) is 0. The van der Waals surface area contributed by atoms with Crippen molar-refractivity contribution in [3.8, 4) is 0 Å². The van der Waals surface area contributed by atoms with Gasteiger partial charge in [-0.1, -0.05) is 0 Å². The molecule has 1 fully saturated rings. The predicted molar refractivity (Wildman–Crippen MR) is 64.2 cm³/mol. The van der Waals surface area contributed by atoms with E-state index in [1.807, 2.05) is 6.92 Å². The predicted octanol–water partition coefficient (Wildman–Crippen LogP) is 1.47. The molecule has 1 aliphatic rings. The van der Waals surface area contributed by atoms with Gasteiger partial charge in [-0.3, -0.25) is 0 Å². The highest BCUT2D eigenvalue weighted by Crippen LogP contribution is 2.27. The van der Waals surface area contributed by atoms with E-state index in [1.165, 1.54) is 24.3 Å². The molecule has 1 saturated carbocycles. The molecule has 0 atom stereocenters. The second-order valence-electron chi connectivity index (χ2n) is 4.53. The first-order valence-electron chi connectivity index (χ1n) is 5.59. The molecule has 0 saturated heterocycles. The minimum absolute atomic E-state index is 0.0960. The molecule has 3 N–H and O–H groups in total. The number of nitrogens with two attached hydrogens (primary N) is 1. The van der Waals surface area contributed by atoms with Crippen LogP contribution in [0.15, 0.2) is 5.38 Å². The van der Waals surface area contributed by atoms with Gasteiger partial charge in [0, 0.05) is 36.1 Å². The average Bonchev–Trinajstić information content (AvgIpc) is 2.56. The Bertz CT molecular complexity index is 317. The van der Waals surface area contributed by atoms with E-state index >= 15 is 0 Å². The minimum atomic E-state index is 0.0960. The highest BCUT2D eigenvalue weighted by molar-refractivity contribution is 7.09. The van der Waals surface area contributed by atoms with Crippen LogP contribution in [0.4, 0.5) is 0 Å². The van der Waals surface area contributed by atoms with Crippen molar-refractivity contribution in [2.24, 2.45) is 5.73 Å². The third-order valence-corrected chi connectivity index (χ3v) is 4.04. The summed E-state index contributed by atoms with van der Waals surface area (Å²) < 4.78 is 0. The van der Waals surface area contributed by atoms with Crippen molar-refractivity contribution in [3.05, 3.63) is 16.1 Å². The number of hydrogen-bond acceptors (Lipinski definition) is 4. The molecule has 1 aromatic heterocycles. The maximum absolute atomic E-state index is 6.11. The maximum Gasteiger partial charge on any atom is 0.0940 e. The van der Waals surface area contributed by atoms with Crippen molar-refractivity contribution in [1.29, 1.82) is 0 Å². The van der Waals surface area contributed by atoms with Crippen molar-refractivity contribution in [2.75, 3.05) is 13.1 Å². The van der Waals surface area contributed by atoms with Gasteiger partial charge in [-0.25, -0.2) is 4.98 Å². The van der Waals surface area contributed by atoms with E-state index in [-0.39, 0.29) is 5.54 Å². The van der Waals surface area contributed by atoms with Crippen LogP contribution in [-0.2, 0) is 6.42 Å². The smallest absolute Gasteiger partial charge is 0.0940 e. The Kier molecular flexibility index (Phi) is 3.38. The van der Waals surface area contributed by atoms with Gasteiger partial charge < -0.3 is 11.1 Å². The summed E-state index contributed by atoms with van der Waals surface area (Å²) >= 11 is 1.74. The topological polar surface area (TPSA) is 50.9 Å². The van der Waals surface area contributed by atoms with Crippen LogP contribution in [0.3, 0.4) is 0 Å². The third kappa shape index (κ3) is 3.00. The van der Waals surface area contributed by atoms with Gasteiger partial charge in [0.15, 0.2) is 0 Å². The molecule has 3 nitrogen and oxygen atoms in total. The van der Waals surface area contributed by atoms with Crippen LogP contribution in [0.25, 0.3) is 0 Å². The summed E-state index contributed by atoms with van der Waals surface area (Å²) in [4.78, 5) is 4.43. The third-order valence-electron chi connectivity index (χ3n) is 3.01. The zero-order chi connectivity index (χ0) is 10.7. The zero-order valence-corrected chi connectivity index (χ0v) is 10.1. The van der Waals surface area contributed by atoms with E-state index in [1.54, 1.807) is 11.3 Å². The molecule has 0 aliphatic heterocycles. The first-order chi connectivity index (χ1) is 7.18. The zero-order valence-electron chi connectivity index (χ0n) is 9.25. The quantitative estimate of drug-likeness (QED) is 0.746. The monoisotopic (exact) mass is 225 g/mol. The van der Waals surface area contributed by atoms with E-state index in [4.69, 9.17) is 5.73 Å². The summed E-state index contributed by atoms with van der Waals surface area (Å²) in [5.41, 5.74) is 7.34.